The highest BCUT2D eigenvalue weighted by molar-refractivity contribution is 5.69. The second kappa shape index (κ2) is 3.92. The Morgan fingerprint density at radius 1 is 1.06 bits per heavy atom. The number of para-hydroxylation sites is 1. The van der Waals surface area contributed by atoms with Crippen LogP contribution in [0.5, 0.6) is 5.75 Å². The van der Waals surface area contributed by atoms with Crippen molar-refractivity contribution in [3.63, 3.8) is 0 Å². The molecule has 0 saturated carbocycles. The molecule has 16 heavy (non-hydrogen) atoms. The second-order valence-electron chi connectivity index (χ2n) is 3.06. The van der Waals surface area contributed by atoms with Crippen molar-refractivity contribution in [2.45, 2.75) is 6.36 Å². The van der Waals surface area contributed by atoms with Crippen LogP contribution in [0.2, 0.25) is 0 Å². The lowest BCUT2D eigenvalue weighted by atomic mass is 10.1. The van der Waals surface area contributed by atoms with Crippen LogP contribution in [0.1, 0.15) is 0 Å². The monoisotopic (exact) mass is 228 g/mol. The molecule has 0 aliphatic rings. The molecule has 0 spiro atoms. The van der Waals surface area contributed by atoms with Gasteiger partial charge in [0.15, 0.2) is 0 Å². The summed E-state index contributed by atoms with van der Waals surface area (Å²) in [5.41, 5.74) is 0.883. The molecule has 0 aliphatic carbocycles. The maximum Gasteiger partial charge on any atom is 0.573 e. The molecular formula is C11H7F3O2. The maximum absolute atomic E-state index is 12.1. The standard InChI is InChI=1S/C11H7F3O2/c12-11(13,14)16-10-4-2-1-3-9(10)8-5-6-15-7-8/h1-7H. The van der Waals surface area contributed by atoms with Gasteiger partial charge in [0, 0.05) is 11.1 Å². The van der Waals surface area contributed by atoms with Gasteiger partial charge in [-0.1, -0.05) is 18.2 Å². The average Bonchev–Trinajstić information content (AvgIpc) is 2.69. The van der Waals surface area contributed by atoms with Crippen LogP contribution >= 0.6 is 0 Å². The van der Waals surface area contributed by atoms with Crippen molar-refractivity contribution in [1.82, 2.24) is 0 Å². The summed E-state index contributed by atoms with van der Waals surface area (Å²) in [7, 11) is 0. The van der Waals surface area contributed by atoms with E-state index in [2.05, 4.69) is 4.74 Å². The van der Waals surface area contributed by atoms with E-state index in [1.165, 1.54) is 30.7 Å². The molecule has 0 N–H and O–H groups in total. The predicted octanol–water partition coefficient (Wildman–Crippen LogP) is 3.85. The van der Waals surface area contributed by atoms with E-state index in [0.717, 1.165) is 0 Å². The number of halogens is 3. The molecule has 0 atom stereocenters. The Morgan fingerprint density at radius 2 is 1.81 bits per heavy atom. The van der Waals surface area contributed by atoms with Crippen molar-refractivity contribution in [3.05, 3.63) is 42.9 Å². The molecule has 2 rings (SSSR count). The molecule has 1 heterocycles. The minimum atomic E-state index is -4.69. The first-order valence-corrected chi connectivity index (χ1v) is 4.43. The summed E-state index contributed by atoms with van der Waals surface area (Å²) in [6, 6.07) is 7.47. The maximum atomic E-state index is 12.1. The molecule has 2 nitrogen and oxygen atoms in total. The third-order valence-corrected chi connectivity index (χ3v) is 1.94. The van der Waals surface area contributed by atoms with Gasteiger partial charge in [-0.2, -0.15) is 0 Å². The number of hydrogen-bond acceptors (Lipinski definition) is 2. The SMILES string of the molecule is FC(F)(F)Oc1ccccc1-c1ccoc1. The molecule has 5 heteroatoms. The lowest BCUT2D eigenvalue weighted by molar-refractivity contribution is -0.274. The van der Waals surface area contributed by atoms with Gasteiger partial charge in [-0.3, -0.25) is 0 Å². The Balaban J connectivity index is 2.39. The van der Waals surface area contributed by atoms with Crippen molar-refractivity contribution in [3.8, 4) is 16.9 Å². The molecule has 1 aromatic heterocycles. The molecule has 0 unspecified atom stereocenters. The summed E-state index contributed by atoms with van der Waals surface area (Å²) < 4.78 is 45.1. The summed E-state index contributed by atoms with van der Waals surface area (Å²) in [6.07, 6.45) is -1.95. The van der Waals surface area contributed by atoms with Crippen LogP contribution in [0.3, 0.4) is 0 Å². The normalized spacial score (nSPS) is 11.4. The van der Waals surface area contributed by atoms with E-state index in [1.54, 1.807) is 12.1 Å². The zero-order chi connectivity index (χ0) is 11.6. The van der Waals surface area contributed by atoms with E-state index in [9.17, 15) is 13.2 Å². The zero-order valence-electron chi connectivity index (χ0n) is 7.99. The number of alkyl halides is 3. The molecule has 0 radical (unpaired) electrons. The molecular weight excluding hydrogens is 221 g/mol. The highest BCUT2D eigenvalue weighted by atomic mass is 19.4. The van der Waals surface area contributed by atoms with Crippen LogP contribution in [-0.4, -0.2) is 6.36 Å². The quantitative estimate of drug-likeness (QED) is 0.779. The van der Waals surface area contributed by atoms with Crippen molar-refractivity contribution in [2.75, 3.05) is 0 Å². The summed E-state index contributed by atoms with van der Waals surface area (Å²) in [4.78, 5) is 0. The van der Waals surface area contributed by atoms with Crippen molar-refractivity contribution in [2.24, 2.45) is 0 Å². The topological polar surface area (TPSA) is 22.4 Å². The van der Waals surface area contributed by atoms with Gasteiger partial charge in [-0.25, -0.2) is 0 Å². The molecule has 84 valence electrons. The summed E-state index contributed by atoms with van der Waals surface area (Å²) in [5, 5.41) is 0. The van der Waals surface area contributed by atoms with Crippen molar-refractivity contribution < 1.29 is 22.3 Å². The number of hydrogen-bond donors (Lipinski definition) is 0. The fraction of sp³-hybridized carbons (Fsp3) is 0.0909. The summed E-state index contributed by atoms with van der Waals surface area (Å²) in [6.45, 7) is 0. The van der Waals surface area contributed by atoms with Crippen LogP contribution in [0, 0.1) is 0 Å². The zero-order valence-corrected chi connectivity index (χ0v) is 7.99. The minimum Gasteiger partial charge on any atom is -0.472 e. The minimum absolute atomic E-state index is 0.239. The molecule has 0 fully saturated rings. The lowest BCUT2D eigenvalue weighted by Crippen LogP contribution is -2.17. The van der Waals surface area contributed by atoms with E-state index in [-0.39, 0.29) is 5.75 Å². The van der Waals surface area contributed by atoms with Crippen LogP contribution in [0.15, 0.2) is 47.3 Å². The average molecular weight is 228 g/mol. The van der Waals surface area contributed by atoms with Gasteiger partial charge in [-0.05, 0) is 12.1 Å². The van der Waals surface area contributed by atoms with Crippen molar-refractivity contribution in [1.29, 1.82) is 0 Å². The van der Waals surface area contributed by atoms with Crippen LogP contribution in [0.4, 0.5) is 13.2 Å². The first-order valence-electron chi connectivity index (χ1n) is 4.43. The molecule has 0 aliphatic heterocycles. The fourth-order valence-corrected chi connectivity index (χ4v) is 1.34. The fourth-order valence-electron chi connectivity index (χ4n) is 1.34. The van der Waals surface area contributed by atoms with E-state index in [0.29, 0.717) is 11.1 Å². The third kappa shape index (κ3) is 2.36. The molecule has 1 aromatic carbocycles. The number of furan rings is 1. The van der Waals surface area contributed by atoms with Gasteiger partial charge in [0.05, 0.1) is 12.5 Å². The predicted molar refractivity (Wildman–Crippen MR) is 50.8 cm³/mol. The Morgan fingerprint density at radius 3 is 2.44 bits per heavy atom. The van der Waals surface area contributed by atoms with Gasteiger partial charge in [0.1, 0.15) is 5.75 Å². The highest BCUT2D eigenvalue weighted by Crippen LogP contribution is 2.33. The summed E-state index contributed by atoms with van der Waals surface area (Å²) >= 11 is 0. The van der Waals surface area contributed by atoms with E-state index in [4.69, 9.17) is 4.42 Å². The van der Waals surface area contributed by atoms with Crippen LogP contribution in [-0.2, 0) is 0 Å². The third-order valence-electron chi connectivity index (χ3n) is 1.94. The van der Waals surface area contributed by atoms with Gasteiger partial charge in [-0.15, -0.1) is 13.2 Å². The largest absolute Gasteiger partial charge is 0.573 e. The first-order chi connectivity index (χ1) is 7.56. The molecule has 0 bridgehead atoms. The van der Waals surface area contributed by atoms with Gasteiger partial charge in [0.25, 0.3) is 0 Å². The van der Waals surface area contributed by atoms with Gasteiger partial charge < -0.3 is 9.15 Å². The smallest absolute Gasteiger partial charge is 0.472 e. The van der Waals surface area contributed by atoms with Crippen molar-refractivity contribution >= 4 is 0 Å². The number of ether oxygens (including phenoxy) is 1. The van der Waals surface area contributed by atoms with Crippen LogP contribution in [0.25, 0.3) is 11.1 Å². The first kappa shape index (κ1) is 10.6. The van der Waals surface area contributed by atoms with E-state index < -0.39 is 6.36 Å². The second-order valence-corrected chi connectivity index (χ2v) is 3.06. The number of benzene rings is 1. The Labute approximate surface area is 89.3 Å². The highest BCUT2D eigenvalue weighted by Gasteiger charge is 2.32. The summed E-state index contributed by atoms with van der Waals surface area (Å²) in [5.74, 6) is -0.239. The van der Waals surface area contributed by atoms with Gasteiger partial charge >= 0.3 is 6.36 Å². The van der Waals surface area contributed by atoms with E-state index >= 15 is 0 Å². The van der Waals surface area contributed by atoms with Crippen LogP contribution < -0.4 is 4.74 Å². The Hall–Kier alpha value is -1.91. The Kier molecular flexibility index (Phi) is 2.60. The number of rotatable bonds is 2. The molecule has 2 aromatic rings. The lowest BCUT2D eigenvalue weighted by Gasteiger charge is -2.11. The molecule has 0 amide bonds. The Bertz CT molecular complexity index is 460. The van der Waals surface area contributed by atoms with Gasteiger partial charge in [0.2, 0.25) is 0 Å². The van der Waals surface area contributed by atoms with E-state index in [1.807, 2.05) is 0 Å². The molecule has 0 saturated heterocycles.